The summed E-state index contributed by atoms with van der Waals surface area (Å²) in [6.07, 6.45) is 0. The Morgan fingerprint density at radius 2 is 1.71 bits per heavy atom. The minimum atomic E-state index is -0.373. The van der Waals surface area contributed by atoms with Crippen LogP contribution >= 0.6 is 23.4 Å². The minimum Gasteiger partial charge on any atom is -0.342 e. The van der Waals surface area contributed by atoms with Crippen molar-refractivity contribution in [3.05, 3.63) is 65.2 Å². The Balaban J connectivity index is 1.93. The van der Waals surface area contributed by atoms with E-state index in [4.69, 9.17) is 11.6 Å². The van der Waals surface area contributed by atoms with E-state index in [2.05, 4.69) is 10.2 Å². The van der Waals surface area contributed by atoms with Crippen molar-refractivity contribution in [1.29, 1.82) is 0 Å². The molecule has 146 valence electrons. The number of thioether (sulfide) groups is 1. The molecule has 0 bridgehead atoms. The molecular weight excluding hydrogens is 392 g/mol. The molecule has 0 spiro atoms. The van der Waals surface area contributed by atoms with Gasteiger partial charge in [-0.1, -0.05) is 53.7 Å². The maximum absolute atomic E-state index is 13.2. The molecule has 0 saturated carbocycles. The second-order valence-electron chi connectivity index (χ2n) is 6.29. The fourth-order valence-electron chi connectivity index (χ4n) is 2.96. The average molecular weight is 415 g/mol. The number of carbonyl (C=O) groups is 1. The maximum atomic E-state index is 13.2. The number of aromatic nitrogens is 3. The lowest BCUT2D eigenvalue weighted by Crippen LogP contribution is -2.34. The van der Waals surface area contributed by atoms with E-state index in [1.54, 1.807) is 0 Å². The topological polar surface area (TPSA) is 51.0 Å². The van der Waals surface area contributed by atoms with Gasteiger partial charge in [0.2, 0.25) is 5.91 Å². The van der Waals surface area contributed by atoms with Crippen LogP contribution in [-0.2, 0) is 11.8 Å². The van der Waals surface area contributed by atoms with Gasteiger partial charge < -0.3 is 9.47 Å². The number of benzene rings is 2. The second-order valence-corrected chi connectivity index (χ2v) is 7.80. The van der Waals surface area contributed by atoms with Crippen LogP contribution in [0.15, 0.2) is 59.8 Å². The fraction of sp³-hybridized carbons (Fsp3) is 0.286. The monoisotopic (exact) mass is 414 g/mol. The summed E-state index contributed by atoms with van der Waals surface area (Å²) in [4.78, 5) is 15.0. The first-order valence-electron chi connectivity index (χ1n) is 9.20. The molecule has 3 rings (SSSR count). The summed E-state index contributed by atoms with van der Waals surface area (Å²) in [7, 11) is 1.91. The molecule has 0 fully saturated rings. The van der Waals surface area contributed by atoms with E-state index in [0.717, 1.165) is 17.0 Å². The van der Waals surface area contributed by atoms with Crippen LogP contribution in [0.2, 0.25) is 5.02 Å². The van der Waals surface area contributed by atoms with Gasteiger partial charge in [-0.2, -0.15) is 0 Å². The molecule has 0 radical (unpaired) electrons. The number of halogens is 1. The highest BCUT2D eigenvalue weighted by Gasteiger charge is 2.28. The number of carbonyl (C=O) groups excluding carboxylic acids is 1. The molecule has 5 nitrogen and oxygen atoms in total. The summed E-state index contributed by atoms with van der Waals surface area (Å²) < 4.78 is 1.92. The van der Waals surface area contributed by atoms with Gasteiger partial charge >= 0.3 is 0 Å². The molecule has 7 heteroatoms. The highest BCUT2D eigenvalue weighted by molar-refractivity contribution is 8.00. The van der Waals surface area contributed by atoms with E-state index < -0.39 is 0 Å². The van der Waals surface area contributed by atoms with Gasteiger partial charge in [0.15, 0.2) is 11.0 Å². The molecule has 1 amide bonds. The Morgan fingerprint density at radius 3 is 2.32 bits per heavy atom. The second kappa shape index (κ2) is 9.26. The van der Waals surface area contributed by atoms with Gasteiger partial charge in [-0.05, 0) is 43.7 Å². The lowest BCUT2D eigenvalue weighted by atomic mass is 10.1. The van der Waals surface area contributed by atoms with Crippen molar-refractivity contribution < 1.29 is 4.79 Å². The van der Waals surface area contributed by atoms with Gasteiger partial charge in [-0.25, -0.2) is 0 Å². The fourth-order valence-corrected chi connectivity index (χ4v) is 4.18. The molecule has 0 aliphatic heterocycles. The van der Waals surface area contributed by atoms with Crippen LogP contribution in [-0.4, -0.2) is 38.7 Å². The highest BCUT2D eigenvalue weighted by Crippen LogP contribution is 2.36. The van der Waals surface area contributed by atoms with Gasteiger partial charge in [0.1, 0.15) is 5.25 Å². The van der Waals surface area contributed by atoms with Crippen molar-refractivity contribution in [2.45, 2.75) is 24.3 Å². The zero-order valence-electron chi connectivity index (χ0n) is 16.2. The molecular formula is C21H23ClN4OS. The number of rotatable bonds is 7. The Morgan fingerprint density at radius 1 is 1.07 bits per heavy atom. The summed E-state index contributed by atoms with van der Waals surface area (Å²) >= 11 is 7.41. The van der Waals surface area contributed by atoms with Crippen LogP contribution in [0.5, 0.6) is 0 Å². The first-order valence-corrected chi connectivity index (χ1v) is 10.5. The van der Waals surface area contributed by atoms with Gasteiger partial charge in [-0.15, -0.1) is 10.2 Å². The Bertz CT molecular complexity index is 923. The number of likely N-dealkylation sites (N-methyl/N-ethyl adjacent to an activating group) is 1. The molecule has 1 atom stereocenters. The van der Waals surface area contributed by atoms with E-state index in [9.17, 15) is 4.79 Å². The summed E-state index contributed by atoms with van der Waals surface area (Å²) in [5.74, 6) is 0.818. The van der Waals surface area contributed by atoms with Crippen molar-refractivity contribution in [2.24, 2.45) is 7.05 Å². The number of hydrogen-bond acceptors (Lipinski definition) is 4. The molecule has 1 heterocycles. The van der Waals surface area contributed by atoms with Gasteiger partial charge in [0, 0.05) is 30.7 Å². The number of hydrogen-bond donors (Lipinski definition) is 0. The van der Waals surface area contributed by atoms with Gasteiger partial charge in [0.25, 0.3) is 0 Å². The molecule has 0 unspecified atom stereocenters. The number of nitrogens with zero attached hydrogens (tertiary/aromatic N) is 4. The SMILES string of the molecule is CCN(CC)C(=O)[C@@H](Sc1nnc(-c2ccc(Cl)cc2)n1C)c1ccccc1. The summed E-state index contributed by atoms with van der Waals surface area (Å²) in [5, 5.41) is 9.67. The third-order valence-electron chi connectivity index (χ3n) is 4.56. The predicted octanol–water partition coefficient (Wildman–Crippen LogP) is 4.84. The van der Waals surface area contributed by atoms with E-state index in [0.29, 0.717) is 23.3 Å². The molecule has 28 heavy (non-hydrogen) atoms. The Kier molecular flexibility index (Phi) is 6.75. The molecule has 3 aromatic rings. The van der Waals surface area contributed by atoms with Crippen LogP contribution in [0, 0.1) is 0 Å². The van der Waals surface area contributed by atoms with E-state index in [1.807, 2.05) is 85.0 Å². The average Bonchev–Trinajstić information content (AvgIpc) is 3.08. The van der Waals surface area contributed by atoms with E-state index >= 15 is 0 Å². The predicted molar refractivity (Wildman–Crippen MR) is 114 cm³/mol. The van der Waals surface area contributed by atoms with Crippen molar-refractivity contribution in [1.82, 2.24) is 19.7 Å². The van der Waals surface area contributed by atoms with Crippen molar-refractivity contribution in [3.63, 3.8) is 0 Å². The molecule has 0 aliphatic rings. The van der Waals surface area contributed by atoms with Crippen molar-refractivity contribution in [2.75, 3.05) is 13.1 Å². The van der Waals surface area contributed by atoms with Crippen molar-refractivity contribution >= 4 is 29.3 Å². The molecule has 0 saturated heterocycles. The molecule has 0 aliphatic carbocycles. The highest BCUT2D eigenvalue weighted by atomic mass is 35.5. The van der Waals surface area contributed by atoms with Crippen LogP contribution in [0.4, 0.5) is 0 Å². The summed E-state index contributed by atoms with van der Waals surface area (Å²) in [5.41, 5.74) is 1.89. The smallest absolute Gasteiger partial charge is 0.240 e. The lowest BCUT2D eigenvalue weighted by molar-refractivity contribution is -0.130. The first kappa shape index (κ1) is 20.4. The third kappa shape index (κ3) is 4.39. The summed E-state index contributed by atoms with van der Waals surface area (Å²) in [6, 6.07) is 17.3. The third-order valence-corrected chi connectivity index (χ3v) is 6.09. The Hall–Kier alpha value is -2.31. The lowest BCUT2D eigenvalue weighted by Gasteiger charge is -2.24. The quantitative estimate of drug-likeness (QED) is 0.519. The molecule has 2 aromatic carbocycles. The van der Waals surface area contributed by atoms with Gasteiger partial charge in [-0.3, -0.25) is 4.79 Å². The van der Waals surface area contributed by atoms with E-state index in [-0.39, 0.29) is 11.2 Å². The Labute approximate surface area is 174 Å². The standard InChI is InChI=1S/C21H23ClN4OS/c1-4-26(5-2)20(27)18(15-9-7-6-8-10-15)28-21-24-23-19(25(21)3)16-11-13-17(22)14-12-16/h6-14,18H,4-5H2,1-3H3/t18-/m0/s1. The number of amides is 1. The zero-order chi connectivity index (χ0) is 20.1. The zero-order valence-corrected chi connectivity index (χ0v) is 17.7. The van der Waals surface area contributed by atoms with Crippen LogP contribution in [0.25, 0.3) is 11.4 Å². The minimum absolute atomic E-state index is 0.0808. The largest absolute Gasteiger partial charge is 0.342 e. The van der Waals surface area contributed by atoms with Crippen LogP contribution < -0.4 is 0 Å². The molecule has 0 N–H and O–H groups in total. The van der Waals surface area contributed by atoms with E-state index in [1.165, 1.54) is 11.8 Å². The van der Waals surface area contributed by atoms with Crippen molar-refractivity contribution in [3.8, 4) is 11.4 Å². The van der Waals surface area contributed by atoms with Gasteiger partial charge in [0.05, 0.1) is 0 Å². The summed E-state index contributed by atoms with van der Waals surface area (Å²) in [6.45, 7) is 5.34. The first-order chi connectivity index (χ1) is 13.5. The van der Waals surface area contributed by atoms with Crippen LogP contribution in [0.1, 0.15) is 24.7 Å². The van der Waals surface area contributed by atoms with Crippen LogP contribution in [0.3, 0.4) is 0 Å². The maximum Gasteiger partial charge on any atom is 0.240 e. The normalized spacial score (nSPS) is 12.0. The molecule has 1 aromatic heterocycles.